The molecule has 2 atom stereocenters. The van der Waals surface area contributed by atoms with Crippen LogP contribution in [0.5, 0.6) is 5.75 Å². The van der Waals surface area contributed by atoms with Gasteiger partial charge in [-0.25, -0.2) is 0 Å². The fourth-order valence-electron chi connectivity index (χ4n) is 1.88. The predicted octanol–water partition coefficient (Wildman–Crippen LogP) is 2.15. The standard InChI is InChI=1S/C15H24N2O2.ClH/c1-10(2)13(17-15(18)11(3)16)9-12-7-5-6-8-14(12)19-4;/h5-8,10-11,13H,9,16H2,1-4H3,(H,17,18);1H/t11-,13?;/m0./s1. The molecule has 0 saturated carbocycles. The van der Waals surface area contributed by atoms with E-state index in [1.54, 1.807) is 14.0 Å². The number of halogens is 1. The summed E-state index contributed by atoms with van der Waals surface area (Å²) in [5.41, 5.74) is 6.69. The molecule has 0 bridgehead atoms. The van der Waals surface area contributed by atoms with Gasteiger partial charge in [0, 0.05) is 6.04 Å². The first-order valence-electron chi connectivity index (χ1n) is 6.63. The van der Waals surface area contributed by atoms with Crippen molar-refractivity contribution in [1.82, 2.24) is 5.32 Å². The van der Waals surface area contributed by atoms with Crippen molar-refractivity contribution in [3.8, 4) is 5.75 Å². The number of nitrogens with two attached hydrogens (primary N) is 1. The van der Waals surface area contributed by atoms with Gasteiger partial charge < -0.3 is 15.8 Å². The molecule has 1 rings (SSSR count). The minimum atomic E-state index is -0.487. The van der Waals surface area contributed by atoms with Crippen molar-refractivity contribution in [3.05, 3.63) is 29.8 Å². The van der Waals surface area contributed by atoms with Crippen LogP contribution >= 0.6 is 12.4 Å². The summed E-state index contributed by atoms with van der Waals surface area (Å²) in [4.78, 5) is 11.7. The van der Waals surface area contributed by atoms with E-state index in [2.05, 4.69) is 19.2 Å². The summed E-state index contributed by atoms with van der Waals surface area (Å²) in [6.45, 7) is 5.86. The Balaban J connectivity index is 0.00000361. The number of hydrogen-bond acceptors (Lipinski definition) is 3. The zero-order chi connectivity index (χ0) is 14.4. The molecule has 114 valence electrons. The monoisotopic (exact) mass is 300 g/mol. The molecule has 0 radical (unpaired) electrons. The van der Waals surface area contributed by atoms with E-state index in [9.17, 15) is 4.79 Å². The maximum absolute atomic E-state index is 11.7. The van der Waals surface area contributed by atoms with Gasteiger partial charge in [-0.15, -0.1) is 12.4 Å². The molecule has 1 aromatic carbocycles. The Labute approximate surface area is 127 Å². The summed E-state index contributed by atoms with van der Waals surface area (Å²) < 4.78 is 5.34. The molecule has 1 unspecified atom stereocenters. The summed E-state index contributed by atoms with van der Waals surface area (Å²) in [6.07, 6.45) is 0.736. The first kappa shape index (κ1) is 18.7. The highest BCUT2D eigenvalue weighted by molar-refractivity contribution is 5.85. The van der Waals surface area contributed by atoms with Gasteiger partial charge in [-0.05, 0) is 30.9 Å². The number of benzene rings is 1. The maximum Gasteiger partial charge on any atom is 0.236 e. The minimum absolute atomic E-state index is 0. The lowest BCUT2D eigenvalue weighted by Crippen LogP contribution is -2.46. The number of rotatable bonds is 6. The van der Waals surface area contributed by atoms with Gasteiger partial charge in [-0.3, -0.25) is 4.79 Å². The van der Waals surface area contributed by atoms with E-state index in [-0.39, 0.29) is 24.4 Å². The number of carbonyl (C=O) groups excluding carboxylic acids is 1. The van der Waals surface area contributed by atoms with E-state index in [1.165, 1.54) is 0 Å². The number of nitrogens with one attached hydrogen (secondary N) is 1. The number of amides is 1. The molecule has 3 N–H and O–H groups in total. The molecule has 0 aliphatic rings. The van der Waals surface area contributed by atoms with Crippen LogP contribution in [0.4, 0.5) is 0 Å². The normalized spacial score (nSPS) is 13.3. The average Bonchev–Trinajstić information content (AvgIpc) is 2.38. The van der Waals surface area contributed by atoms with Crippen LogP contribution < -0.4 is 15.8 Å². The van der Waals surface area contributed by atoms with Gasteiger partial charge in [-0.1, -0.05) is 32.0 Å². The number of para-hydroxylation sites is 1. The third kappa shape index (κ3) is 5.39. The Hall–Kier alpha value is -1.26. The molecule has 20 heavy (non-hydrogen) atoms. The van der Waals surface area contributed by atoms with Gasteiger partial charge in [0.1, 0.15) is 5.75 Å². The predicted molar refractivity (Wildman–Crippen MR) is 84.4 cm³/mol. The number of methoxy groups -OCH3 is 1. The molecule has 0 saturated heterocycles. The van der Waals surface area contributed by atoms with Gasteiger partial charge in [0.2, 0.25) is 5.91 Å². The largest absolute Gasteiger partial charge is 0.496 e. The van der Waals surface area contributed by atoms with Gasteiger partial charge in [-0.2, -0.15) is 0 Å². The first-order chi connectivity index (χ1) is 8.95. The lowest BCUT2D eigenvalue weighted by atomic mass is 9.95. The van der Waals surface area contributed by atoms with Crippen LogP contribution in [0.3, 0.4) is 0 Å². The number of carbonyl (C=O) groups is 1. The average molecular weight is 301 g/mol. The zero-order valence-electron chi connectivity index (χ0n) is 12.6. The highest BCUT2D eigenvalue weighted by Crippen LogP contribution is 2.21. The van der Waals surface area contributed by atoms with Crippen LogP contribution in [0.15, 0.2) is 24.3 Å². The second kappa shape index (κ2) is 8.82. The highest BCUT2D eigenvalue weighted by Gasteiger charge is 2.19. The van der Waals surface area contributed by atoms with E-state index in [1.807, 2.05) is 24.3 Å². The smallest absolute Gasteiger partial charge is 0.236 e. The van der Waals surface area contributed by atoms with Crippen molar-refractivity contribution in [3.63, 3.8) is 0 Å². The molecular formula is C15H25ClN2O2. The van der Waals surface area contributed by atoms with Gasteiger partial charge in [0.05, 0.1) is 13.2 Å². The van der Waals surface area contributed by atoms with Crippen molar-refractivity contribution in [2.75, 3.05) is 7.11 Å². The SMILES string of the molecule is COc1ccccc1CC(NC(=O)[C@H](C)N)C(C)C.Cl. The maximum atomic E-state index is 11.7. The molecular weight excluding hydrogens is 276 g/mol. The van der Waals surface area contributed by atoms with Crippen molar-refractivity contribution in [2.45, 2.75) is 39.3 Å². The van der Waals surface area contributed by atoms with Crippen molar-refractivity contribution >= 4 is 18.3 Å². The third-order valence-corrected chi connectivity index (χ3v) is 3.18. The molecule has 0 aliphatic heterocycles. The Morgan fingerprint density at radius 3 is 2.40 bits per heavy atom. The molecule has 0 spiro atoms. The summed E-state index contributed by atoms with van der Waals surface area (Å²) in [7, 11) is 1.66. The fraction of sp³-hybridized carbons (Fsp3) is 0.533. The molecule has 0 aromatic heterocycles. The number of ether oxygens (including phenoxy) is 1. The molecule has 0 heterocycles. The molecule has 1 aromatic rings. The van der Waals surface area contributed by atoms with Crippen LogP contribution in [0.2, 0.25) is 0 Å². The molecule has 1 amide bonds. The molecule has 0 fully saturated rings. The van der Waals surface area contributed by atoms with E-state index in [0.717, 1.165) is 17.7 Å². The van der Waals surface area contributed by atoms with Crippen molar-refractivity contribution in [1.29, 1.82) is 0 Å². The summed E-state index contributed by atoms with van der Waals surface area (Å²) in [5.74, 6) is 1.06. The van der Waals surface area contributed by atoms with Crippen molar-refractivity contribution in [2.24, 2.45) is 11.7 Å². The van der Waals surface area contributed by atoms with Gasteiger partial charge in [0.25, 0.3) is 0 Å². The van der Waals surface area contributed by atoms with Crippen LogP contribution in [-0.4, -0.2) is 25.1 Å². The second-order valence-corrected chi connectivity index (χ2v) is 5.16. The Morgan fingerprint density at radius 2 is 1.90 bits per heavy atom. The summed E-state index contributed by atoms with van der Waals surface area (Å²) in [6, 6.07) is 7.43. The third-order valence-electron chi connectivity index (χ3n) is 3.18. The lowest BCUT2D eigenvalue weighted by Gasteiger charge is -2.24. The molecule has 4 nitrogen and oxygen atoms in total. The summed E-state index contributed by atoms with van der Waals surface area (Å²) >= 11 is 0. The quantitative estimate of drug-likeness (QED) is 0.846. The van der Waals surface area contributed by atoms with Crippen LogP contribution in [-0.2, 0) is 11.2 Å². The highest BCUT2D eigenvalue weighted by atomic mass is 35.5. The van der Waals surface area contributed by atoms with E-state index < -0.39 is 6.04 Å². The van der Waals surface area contributed by atoms with Crippen LogP contribution in [0.25, 0.3) is 0 Å². The second-order valence-electron chi connectivity index (χ2n) is 5.16. The van der Waals surface area contributed by atoms with Gasteiger partial charge in [0.15, 0.2) is 0 Å². The minimum Gasteiger partial charge on any atom is -0.496 e. The Morgan fingerprint density at radius 1 is 1.30 bits per heavy atom. The van der Waals surface area contributed by atoms with E-state index in [0.29, 0.717) is 5.92 Å². The summed E-state index contributed by atoms with van der Waals surface area (Å²) in [5, 5.41) is 3.00. The molecule has 5 heteroatoms. The van der Waals surface area contributed by atoms with Gasteiger partial charge >= 0.3 is 0 Å². The first-order valence-corrected chi connectivity index (χ1v) is 6.63. The lowest BCUT2D eigenvalue weighted by molar-refractivity contribution is -0.123. The number of hydrogen-bond donors (Lipinski definition) is 2. The van der Waals surface area contributed by atoms with Crippen LogP contribution in [0, 0.1) is 5.92 Å². The van der Waals surface area contributed by atoms with Crippen LogP contribution in [0.1, 0.15) is 26.3 Å². The zero-order valence-corrected chi connectivity index (χ0v) is 13.4. The Kier molecular flexibility index (Phi) is 8.26. The Bertz CT molecular complexity index is 422. The van der Waals surface area contributed by atoms with E-state index >= 15 is 0 Å². The topological polar surface area (TPSA) is 64.3 Å². The molecule has 0 aliphatic carbocycles. The van der Waals surface area contributed by atoms with Crippen molar-refractivity contribution < 1.29 is 9.53 Å². The van der Waals surface area contributed by atoms with E-state index in [4.69, 9.17) is 10.5 Å². The fourth-order valence-corrected chi connectivity index (χ4v) is 1.88.